The average molecular weight is 508 g/mol. The molecule has 0 amide bonds. The van der Waals surface area contributed by atoms with Crippen molar-refractivity contribution in [2.45, 2.75) is 40.0 Å². The first kappa shape index (κ1) is 25.5. The number of nitrogens with zero attached hydrogens (tertiary/aromatic N) is 3. The Bertz CT molecular complexity index is 1530. The standard InChI is InChI=1S/C27H29N3O5S/c1-15-11-18(13-21(24(15)33-5)26(31)36-6)20(9-7-8-10-23-29-28-17(3)34-23)19-12-16(2)25-22(14-19)30(4)27(32)35-25/h9,11-14H,7-8,10H2,1-6H3/b20-9+. The monoisotopic (exact) mass is 507 g/mol. The fourth-order valence-electron chi connectivity index (χ4n) is 4.35. The minimum Gasteiger partial charge on any atom is -0.496 e. The topological polar surface area (TPSA) is 100 Å². The second-order valence-corrected chi connectivity index (χ2v) is 9.44. The van der Waals surface area contributed by atoms with Crippen molar-refractivity contribution in [1.82, 2.24) is 14.8 Å². The van der Waals surface area contributed by atoms with Crippen molar-refractivity contribution in [2.24, 2.45) is 7.05 Å². The minimum absolute atomic E-state index is 0.0632. The first-order valence-corrected chi connectivity index (χ1v) is 12.8. The number of carbonyl (C=O) groups excluding carboxylic acids is 1. The van der Waals surface area contributed by atoms with Crippen LogP contribution in [-0.2, 0) is 13.5 Å². The number of aryl methyl sites for hydroxylation is 5. The quantitative estimate of drug-likeness (QED) is 0.292. The van der Waals surface area contributed by atoms with Crippen LogP contribution in [0.1, 0.15) is 57.2 Å². The molecule has 2 heterocycles. The Morgan fingerprint density at radius 2 is 1.81 bits per heavy atom. The number of hydrogen-bond acceptors (Lipinski definition) is 8. The van der Waals surface area contributed by atoms with Crippen molar-refractivity contribution >= 4 is 33.5 Å². The second-order valence-electron chi connectivity index (χ2n) is 8.66. The highest BCUT2D eigenvalue weighted by atomic mass is 32.2. The predicted octanol–water partition coefficient (Wildman–Crippen LogP) is 5.41. The van der Waals surface area contributed by atoms with Crippen molar-refractivity contribution in [2.75, 3.05) is 13.4 Å². The van der Waals surface area contributed by atoms with Gasteiger partial charge >= 0.3 is 5.76 Å². The third-order valence-electron chi connectivity index (χ3n) is 6.10. The summed E-state index contributed by atoms with van der Waals surface area (Å²) in [5.74, 6) is 1.34. The van der Waals surface area contributed by atoms with E-state index in [1.165, 1.54) is 4.57 Å². The molecule has 4 aromatic rings. The van der Waals surface area contributed by atoms with Gasteiger partial charge in [-0.25, -0.2) is 4.79 Å². The molecule has 0 aliphatic rings. The summed E-state index contributed by atoms with van der Waals surface area (Å²) in [6, 6.07) is 7.87. The zero-order valence-corrected chi connectivity index (χ0v) is 22.1. The highest BCUT2D eigenvalue weighted by Crippen LogP contribution is 2.35. The maximum Gasteiger partial charge on any atom is 0.419 e. The van der Waals surface area contributed by atoms with Crippen molar-refractivity contribution in [1.29, 1.82) is 0 Å². The Balaban J connectivity index is 1.82. The van der Waals surface area contributed by atoms with Crippen LogP contribution in [0, 0.1) is 20.8 Å². The Kier molecular flexibility index (Phi) is 7.49. The molecule has 0 spiro atoms. The van der Waals surface area contributed by atoms with E-state index in [9.17, 15) is 9.59 Å². The van der Waals surface area contributed by atoms with E-state index < -0.39 is 5.76 Å². The molecule has 0 saturated carbocycles. The molecule has 0 aliphatic heterocycles. The van der Waals surface area contributed by atoms with Crippen LogP contribution < -0.4 is 10.5 Å². The van der Waals surface area contributed by atoms with Gasteiger partial charge in [0.2, 0.25) is 16.9 Å². The van der Waals surface area contributed by atoms with Gasteiger partial charge in [-0.3, -0.25) is 9.36 Å². The first-order valence-electron chi connectivity index (χ1n) is 11.6. The highest BCUT2D eigenvalue weighted by Gasteiger charge is 2.19. The summed E-state index contributed by atoms with van der Waals surface area (Å²) in [7, 11) is 3.27. The molecule has 9 heteroatoms. The molecule has 0 atom stereocenters. The molecule has 4 rings (SSSR count). The number of methoxy groups -OCH3 is 1. The predicted molar refractivity (Wildman–Crippen MR) is 141 cm³/mol. The molecule has 8 nitrogen and oxygen atoms in total. The van der Waals surface area contributed by atoms with E-state index in [0.29, 0.717) is 40.6 Å². The summed E-state index contributed by atoms with van der Waals surface area (Å²) < 4.78 is 18.0. The number of oxazole rings is 1. The van der Waals surface area contributed by atoms with Gasteiger partial charge in [-0.05, 0) is 85.0 Å². The molecule has 36 heavy (non-hydrogen) atoms. The Morgan fingerprint density at radius 3 is 2.47 bits per heavy atom. The lowest BCUT2D eigenvalue weighted by atomic mass is 9.92. The van der Waals surface area contributed by atoms with E-state index in [4.69, 9.17) is 13.6 Å². The smallest absolute Gasteiger partial charge is 0.419 e. The molecule has 0 N–H and O–H groups in total. The molecule has 2 aromatic heterocycles. The molecule has 0 radical (unpaired) electrons. The number of thioether (sulfide) groups is 1. The Labute approximate surface area is 213 Å². The van der Waals surface area contributed by atoms with Crippen molar-refractivity contribution in [3.8, 4) is 5.75 Å². The third-order valence-corrected chi connectivity index (χ3v) is 6.69. The highest BCUT2D eigenvalue weighted by molar-refractivity contribution is 8.13. The summed E-state index contributed by atoms with van der Waals surface area (Å²) >= 11 is 1.15. The zero-order valence-electron chi connectivity index (χ0n) is 21.3. The van der Waals surface area contributed by atoms with Gasteiger partial charge in [0.1, 0.15) is 5.75 Å². The van der Waals surface area contributed by atoms with Gasteiger partial charge in [0.15, 0.2) is 5.58 Å². The SMILES string of the molecule is COc1c(C)cc(/C(=C\CCCc2nnc(C)o2)c2cc(C)c3oc(=O)n(C)c3c2)cc1C(=O)SC. The van der Waals surface area contributed by atoms with Gasteiger partial charge in [-0.15, -0.1) is 10.2 Å². The van der Waals surface area contributed by atoms with E-state index in [2.05, 4.69) is 16.3 Å². The van der Waals surface area contributed by atoms with Gasteiger partial charge in [0.05, 0.1) is 18.2 Å². The van der Waals surface area contributed by atoms with Crippen molar-refractivity contribution in [3.05, 3.63) is 80.5 Å². The molecular formula is C27H29N3O5S. The fraction of sp³-hybridized carbons (Fsp3) is 0.333. The molecule has 0 unspecified atom stereocenters. The summed E-state index contributed by atoms with van der Waals surface area (Å²) in [4.78, 5) is 24.9. The summed E-state index contributed by atoms with van der Waals surface area (Å²) in [6.45, 7) is 5.63. The molecule has 0 aliphatic carbocycles. The van der Waals surface area contributed by atoms with Crippen LogP contribution >= 0.6 is 11.8 Å². The maximum absolute atomic E-state index is 12.7. The molecule has 2 aromatic carbocycles. The normalized spacial score (nSPS) is 11.9. The van der Waals surface area contributed by atoms with Crippen LogP contribution in [-0.4, -0.2) is 33.2 Å². The van der Waals surface area contributed by atoms with Gasteiger partial charge < -0.3 is 13.6 Å². The number of benzene rings is 2. The van der Waals surface area contributed by atoms with Gasteiger partial charge in [-0.2, -0.15) is 0 Å². The molecule has 188 valence electrons. The lowest BCUT2D eigenvalue weighted by Crippen LogP contribution is -2.08. The van der Waals surface area contributed by atoms with E-state index in [1.807, 2.05) is 38.1 Å². The average Bonchev–Trinajstić information content (AvgIpc) is 3.40. The Morgan fingerprint density at radius 1 is 1.08 bits per heavy atom. The summed E-state index contributed by atoms with van der Waals surface area (Å²) in [6.07, 6.45) is 6.13. The number of rotatable bonds is 8. The van der Waals surface area contributed by atoms with Crippen LogP contribution in [0.4, 0.5) is 0 Å². The number of fused-ring (bicyclic) bond motifs is 1. The van der Waals surface area contributed by atoms with Gasteiger partial charge in [0.25, 0.3) is 0 Å². The summed E-state index contributed by atoms with van der Waals surface area (Å²) in [5, 5.41) is 7.90. The largest absolute Gasteiger partial charge is 0.496 e. The molecule has 0 fully saturated rings. The zero-order chi connectivity index (χ0) is 26.0. The minimum atomic E-state index is -0.404. The number of carbonyl (C=O) groups is 1. The first-order chi connectivity index (χ1) is 17.2. The van der Waals surface area contributed by atoms with Crippen LogP contribution in [0.2, 0.25) is 0 Å². The van der Waals surface area contributed by atoms with Crippen molar-refractivity contribution < 1.29 is 18.4 Å². The number of hydrogen-bond donors (Lipinski definition) is 0. The Hall–Kier alpha value is -3.59. The molecule has 0 saturated heterocycles. The van der Waals surface area contributed by atoms with E-state index in [1.54, 1.807) is 27.3 Å². The van der Waals surface area contributed by atoms with E-state index in [-0.39, 0.29) is 5.12 Å². The number of ether oxygens (including phenoxy) is 1. The van der Waals surface area contributed by atoms with Crippen LogP contribution in [0.3, 0.4) is 0 Å². The second kappa shape index (κ2) is 10.6. The lowest BCUT2D eigenvalue weighted by molar-refractivity contribution is 0.108. The number of unbranched alkanes of at least 4 members (excludes halogenated alkanes) is 1. The van der Waals surface area contributed by atoms with Crippen LogP contribution in [0.25, 0.3) is 16.7 Å². The van der Waals surface area contributed by atoms with Gasteiger partial charge in [0, 0.05) is 20.4 Å². The summed E-state index contributed by atoms with van der Waals surface area (Å²) in [5.41, 5.74) is 6.32. The van der Waals surface area contributed by atoms with Crippen molar-refractivity contribution in [3.63, 3.8) is 0 Å². The van der Waals surface area contributed by atoms with E-state index >= 15 is 0 Å². The molecular weight excluding hydrogens is 478 g/mol. The van der Waals surface area contributed by atoms with E-state index in [0.717, 1.165) is 52.4 Å². The van der Waals surface area contributed by atoms with Gasteiger partial charge in [-0.1, -0.05) is 17.8 Å². The maximum atomic E-state index is 12.7. The number of aromatic nitrogens is 3. The van der Waals surface area contributed by atoms with Crippen LogP contribution in [0.15, 0.2) is 44.0 Å². The van der Waals surface area contributed by atoms with Crippen LogP contribution in [0.5, 0.6) is 5.75 Å². The number of allylic oxidation sites excluding steroid dienone is 1. The lowest BCUT2D eigenvalue weighted by Gasteiger charge is -2.16. The molecule has 0 bridgehead atoms. The third kappa shape index (κ3) is 5.02. The fourth-order valence-corrected chi connectivity index (χ4v) is 4.72.